The molecule has 1 atom stereocenters. The van der Waals surface area contributed by atoms with Crippen LogP contribution in [0.2, 0.25) is 0 Å². The third kappa shape index (κ3) is 5.05. The van der Waals surface area contributed by atoms with Crippen LogP contribution >= 0.6 is 0 Å². The number of rotatable bonds is 7. The highest BCUT2D eigenvalue weighted by Crippen LogP contribution is 2.20. The molecule has 0 fully saturated rings. The Labute approximate surface area is 149 Å². The second kappa shape index (κ2) is 8.15. The predicted octanol–water partition coefficient (Wildman–Crippen LogP) is 4.02. The molecular formula is C22H25NO2. The Hall–Kier alpha value is -2.36. The Bertz CT molecular complexity index is 814. The van der Waals surface area contributed by atoms with Crippen molar-refractivity contribution in [3.05, 3.63) is 77.9 Å². The Morgan fingerprint density at radius 1 is 0.960 bits per heavy atom. The lowest BCUT2D eigenvalue weighted by Crippen LogP contribution is -2.32. The lowest BCUT2D eigenvalue weighted by molar-refractivity contribution is 0.0744. The number of aliphatic hydroxyl groups excluding tert-OH is 1. The molecule has 0 aliphatic carbocycles. The molecule has 0 aromatic heterocycles. The number of hydrogen-bond acceptors (Lipinski definition) is 3. The van der Waals surface area contributed by atoms with Crippen molar-refractivity contribution in [1.82, 2.24) is 4.90 Å². The largest absolute Gasteiger partial charge is 0.491 e. The highest BCUT2D eigenvalue weighted by molar-refractivity contribution is 5.83. The summed E-state index contributed by atoms with van der Waals surface area (Å²) in [5, 5.41) is 12.6. The summed E-state index contributed by atoms with van der Waals surface area (Å²) in [6.45, 7) is 3.76. The molecule has 3 nitrogen and oxygen atoms in total. The van der Waals surface area contributed by atoms with Crippen LogP contribution in [0.5, 0.6) is 5.75 Å². The molecule has 25 heavy (non-hydrogen) atoms. The fourth-order valence-corrected chi connectivity index (χ4v) is 2.93. The van der Waals surface area contributed by atoms with E-state index in [-0.39, 0.29) is 6.61 Å². The van der Waals surface area contributed by atoms with Crippen molar-refractivity contribution in [2.45, 2.75) is 19.6 Å². The fraction of sp³-hybridized carbons (Fsp3) is 0.273. The lowest BCUT2D eigenvalue weighted by atomic mass is 10.1. The highest BCUT2D eigenvalue weighted by Gasteiger charge is 2.10. The van der Waals surface area contributed by atoms with Gasteiger partial charge in [0.15, 0.2) is 0 Å². The summed E-state index contributed by atoms with van der Waals surface area (Å²) in [7, 11) is 2.01. The molecule has 3 rings (SSSR count). The van der Waals surface area contributed by atoms with Crippen LogP contribution < -0.4 is 4.74 Å². The van der Waals surface area contributed by atoms with Gasteiger partial charge >= 0.3 is 0 Å². The summed E-state index contributed by atoms with van der Waals surface area (Å²) in [6.07, 6.45) is -0.526. The van der Waals surface area contributed by atoms with Crippen molar-refractivity contribution in [2.24, 2.45) is 0 Å². The molecule has 0 unspecified atom stereocenters. The molecule has 0 spiro atoms. The molecule has 1 N–H and O–H groups in total. The van der Waals surface area contributed by atoms with Crippen LogP contribution in [-0.2, 0) is 6.54 Å². The average Bonchev–Trinajstić information content (AvgIpc) is 2.61. The summed E-state index contributed by atoms with van der Waals surface area (Å²) in [5.41, 5.74) is 2.51. The van der Waals surface area contributed by atoms with Gasteiger partial charge in [-0.25, -0.2) is 0 Å². The van der Waals surface area contributed by atoms with Crippen LogP contribution in [0.4, 0.5) is 0 Å². The van der Waals surface area contributed by atoms with E-state index in [0.29, 0.717) is 6.54 Å². The van der Waals surface area contributed by atoms with Gasteiger partial charge in [0.25, 0.3) is 0 Å². The molecule has 0 saturated carbocycles. The number of benzene rings is 3. The smallest absolute Gasteiger partial charge is 0.120 e. The standard InChI is InChI=1S/C22H25NO2/c1-17-7-9-18(10-8-17)14-23(2)15-21(24)16-25-22-12-11-19-5-3-4-6-20(19)13-22/h3-13,21,24H,14-16H2,1-2H3/t21-/m0/s1. The summed E-state index contributed by atoms with van der Waals surface area (Å²) >= 11 is 0. The van der Waals surface area contributed by atoms with E-state index in [2.05, 4.69) is 48.2 Å². The van der Waals surface area contributed by atoms with Crippen molar-refractivity contribution in [3.8, 4) is 5.75 Å². The fourth-order valence-electron chi connectivity index (χ4n) is 2.93. The Morgan fingerprint density at radius 3 is 2.44 bits per heavy atom. The number of nitrogens with zero attached hydrogens (tertiary/aromatic N) is 1. The van der Waals surface area contributed by atoms with Gasteiger partial charge in [0.05, 0.1) is 0 Å². The third-order valence-electron chi connectivity index (χ3n) is 4.26. The van der Waals surface area contributed by atoms with Crippen molar-refractivity contribution >= 4 is 10.8 Å². The average molecular weight is 335 g/mol. The normalized spacial score (nSPS) is 12.5. The third-order valence-corrected chi connectivity index (χ3v) is 4.26. The Kier molecular flexibility index (Phi) is 5.69. The van der Waals surface area contributed by atoms with Crippen molar-refractivity contribution < 1.29 is 9.84 Å². The van der Waals surface area contributed by atoms with Crippen LogP contribution in [0.3, 0.4) is 0 Å². The molecule has 0 aliphatic heterocycles. The van der Waals surface area contributed by atoms with E-state index in [9.17, 15) is 5.11 Å². The molecule has 0 amide bonds. The van der Waals surface area contributed by atoms with Gasteiger partial charge in [-0.15, -0.1) is 0 Å². The number of ether oxygens (including phenoxy) is 1. The van der Waals surface area contributed by atoms with Crippen molar-refractivity contribution in [3.63, 3.8) is 0 Å². The summed E-state index contributed by atoms with van der Waals surface area (Å²) in [6, 6.07) is 22.7. The van der Waals surface area contributed by atoms with Gasteiger partial charge in [-0.1, -0.05) is 60.2 Å². The first-order valence-electron chi connectivity index (χ1n) is 8.64. The van der Waals surface area contributed by atoms with Gasteiger partial charge in [0.1, 0.15) is 18.5 Å². The maximum atomic E-state index is 10.2. The quantitative estimate of drug-likeness (QED) is 0.708. The molecule has 0 bridgehead atoms. The molecule has 3 heteroatoms. The number of fused-ring (bicyclic) bond motifs is 1. The molecule has 0 aliphatic rings. The second-order valence-corrected chi connectivity index (χ2v) is 6.66. The zero-order chi connectivity index (χ0) is 17.6. The minimum absolute atomic E-state index is 0.288. The summed E-state index contributed by atoms with van der Waals surface area (Å²) in [4.78, 5) is 2.11. The first-order valence-corrected chi connectivity index (χ1v) is 8.64. The van der Waals surface area contributed by atoms with Gasteiger partial charge < -0.3 is 9.84 Å². The number of likely N-dealkylation sites (N-methyl/N-ethyl adjacent to an activating group) is 1. The number of hydrogen-bond donors (Lipinski definition) is 1. The van der Waals surface area contributed by atoms with Crippen LogP contribution in [0.25, 0.3) is 10.8 Å². The van der Waals surface area contributed by atoms with Crippen LogP contribution in [-0.4, -0.2) is 36.3 Å². The maximum Gasteiger partial charge on any atom is 0.120 e. The Balaban J connectivity index is 1.49. The minimum Gasteiger partial charge on any atom is -0.491 e. The number of aryl methyl sites for hydroxylation is 1. The SMILES string of the molecule is Cc1ccc(CN(C)C[C@H](O)COc2ccc3ccccc3c2)cc1. The first-order chi connectivity index (χ1) is 12.1. The van der Waals surface area contributed by atoms with E-state index in [1.807, 2.05) is 37.4 Å². The minimum atomic E-state index is -0.526. The van der Waals surface area contributed by atoms with E-state index >= 15 is 0 Å². The molecule has 0 radical (unpaired) electrons. The monoisotopic (exact) mass is 335 g/mol. The molecule has 3 aromatic carbocycles. The van der Waals surface area contributed by atoms with E-state index in [1.165, 1.54) is 16.5 Å². The van der Waals surface area contributed by atoms with E-state index < -0.39 is 6.10 Å². The first kappa shape index (κ1) is 17.5. The second-order valence-electron chi connectivity index (χ2n) is 6.66. The molecule has 0 heterocycles. The van der Waals surface area contributed by atoms with Gasteiger partial charge in [-0.3, -0.25) is 4.90 Å². The zero-order valence-electron chi connectivity index (χ0n) is 14.9. The van der Waals surface area contributed by atoms with Gasteiger partial charge in [0.2, 0.25) is 0 Å². The molecule has 0 saturated heterocycles. The zero-order valence-corrected chi connectivity index (χ0v) is 14.9. The topological polar surface area (TPSA) is 32.7 Å². The molecular weight excluding hydrogens is 310 g/mol. The van der Waals surface area contributed by atoms with E-state index in [4.69, 9.17) is 4.74 Å². The Morgan fingerprint density at radius 2 is 1.68 bits per heavy atom. The lowest BCUT2D eigenvalue weighted by Gasteiger charge is -2.21. The summed E-state index contributed by atoms with van der Waals surface area (Å²) in [5.74, 6) is 0.791. The van der Waals surface area contributed by atoms with Crippen LogP contribution in [0.1, 0.15) is 11.1 Å². The van der Waals surface area contributed by atoms with E-state index in [1.54, 1.807) is 0 Å². The van der Waals surface area contributed by atoms with Crippen molar-refractivity contribution in [1.29, 1.82) is 0 Å². The van der Waals surface area contributed by atoms with Crippen LogP contribution in [0, 0.1) is 6.92 Å². The van der Waals surface area contributed by atoms with Crippen molar-refractivity contribution in [2.75, 3.05) is 20.2 Å². The molecule has 3 aromatic rings. The maximum absolute atomic E-state index is 10.2. The predicted molar refractivity (Wildman–Crippen MR) is 103 cm³/mol. The van der Waals surface area contributed by atoms with Gasteiger partial charge in [-0.2, -0.15) is 0 Å². The van der Waals surface area contributed by atoms with Gasteiger partial charge in [0, 0.05) is 13.1 Å². The highest BCUT2D eigenvalue weighted by atomic mass is 16.5. The van der Waals surface area contributed by atoms with E-state index in [0.717, 1.165) is 17.7 Å². The van der Waals surface area contributed by atoms with Gasteiger partial charge in [-0.05, 0) is 42.4 Å². The summed E-state index contributed by atoms with van der Waals surface area (Å²) < 4.78 is 5.77. The van der Waals surface area contributed by atoms with Crippen LogP contribution in [0.15, 0.2) is 66.7 Å². The molecule has 130 valence electrons. The number of aliphatic hydroxyl groups is 1.